The maximum absolute atomic E-state index is 11.0. The Hall–Kier alpha value is -1.69. The number of rotatable bonds is 3. The summed E-state index contributed by atoms with van der Waals surface area (Å²) in [4.78, 5) is 15.6. The predicted molar refractivity (Wildman–Crippen MR) is 69.8 cm³/mol. The van der Waals surface area contributed by atoms with E-state index in [1.54, 1.807) is 6.07 Å². The number of anilines is 1. The second kappa shape index (κ2) is 5.09. The van der Waals surface area contributed by atoms with Crippen LogP contribution in [-0.4, -0.2) is 28.5 Å². The summed E-state index contributed by atoms with van der Waals surface area (Å²) in [6, 6.07) is 5.70. The third-order valence-corrected chi connectivity index (χ3v) is 2.83. The second-order valence-corrected chi connectivity index (χ2v) is 4.40. The first-order valence-corrected chi connectivity index (χ1v) is 5.86. The first-order valence-electron chi connectivity index (χ1n) is 5.45. The number of carbonyl (C=O) groups excluding carboxylic acids is 1. The Bertz CT molecular complexity index is 439. The lowest BCUT2D eigenvalue weighted by molar-refractivity contribution is -0.122. The zero-order chi connectivity index (χ0) is 12.3. The van der Waals surface area contributed by atoms with Crippen molar-refractivity contribution in [3.8, 4) is 0 Å². The third kappa shape index (κ3) is 3.13. The van der Waals surface area contributed by atoms with E-state index in [1.807, 2.05) is 12.1 Å². The molecule has 90 valence electrons. The third-order valence-electron chi connectivity index (χ3n) is 2.62. The number of piperidine rings is 1. The predicted octanol–water partition coefficient (Wildman–Crippen LogP) is 0.406. The number of nitrogens with one attached hydrogen (secondary N) is 2. The number of pyridine rings is 1. The van der Waals surface area contributed by atoms with E-state index in [-0.39, 0.29) is 16.9 Å². The molecule has 1 amide bonds. The normalized spacial score (nSPS) is 19.5. The van der Waals surface area contributed by atoms with Gasteiger partial charge in [0.1, 0.15) is 10.8 Å². The van der Waals surface area contributed by atoms with E-state index in [4.69, 9.17) is 18.0 Å². The number of aromatic nitrogens is 1. The molecule has 2 rings (SSSR count). The van der Waals surface area contributed by atoms with Crippen molar-refractivity contribution < 1.29 is 4.79 Å². The average Bonchev–Trinajstić information content (AvgIpc) is 2.32. The van der Waals surface area contributed by atoms with Crippen molar-refractivity contribution in [2.24, 2.45) is 5.73 Å². The monoisotopic (exact) mass is 250 g/mol. The van der Waals surface area contributed by atoms with E-state index in [0.29, 0.717) is 18.7 Å². The van der Waals surface area contributed by atoms with E-state index in [2.05, 4.69) is 15.6 Å². The zero-order valence-electron chi connectivity index (χ0n) is 9.27. The van der Waals surface area contributed by atoms with Gasteiger partial charge in [-0.1, -0.05) is 18.3 Å². The van der Waals surface area contributed by atoms with Crippen LogP contribution in [0.5, 0.6) is 0 Å². The van der Waals surface area contributed by atoms with E-state index >= 15 is 0 Å². The van der Waals surface area contributed by atoms with Gasteiger partial charge in [0, 0.05) is 19.0 Å². The molecule has 0 radical (unpaired) electrons. The number of nitrogens with zero attached hydrogens (tertiary/aromatic N) is 1. The van der Waals surface area contributed by atoms with Crippen molar-refractivity contribution in [2.75, 3.05) is 11.9 Å². The Balaban J connectivity index is 2.01. The number of hydrogen-bond donors (Lipinski definition) is 3. The molecule has 1 aromatic rings. The molecule has 1 aliphatic heterocycles. The van der Waals surface area contributed by atoms with Crippen LogP contribution in [0.25, 0.3) is 0 Å². The first-order chi connectivity index (χ1) is 8.15. The number of carbonyl (C=O) groups is 1. The fraction of sp³-hybridized carbons (Fsp3) is 0.364. The summed E-state index contributed by atoms with van der Waals surface area (Å²) in [5, 5.41) is 6.07. The van der Waals surface area contributed by atoms with Gasteiger partial charge in [-0.3, -0.25) is 4.79 Å². The van der Waals surface area contributed by atoms with Crippen molar-refractivity contribution in [3.63, 3.8) is 0 Å². The van der Waals surface area contributed by atoms with Crippen LogP contribution in [-0.2, 0) is 4.79 Å². The molecule has 1 unspecified atom stereocenters. The molecule has 4 N–H and O–H groups in total. The molecule has 6 heteroatoms. The molecule has 0 aliphatic carbocycles. The van der Waals surface area contributed by atoms with Gasteiger partial charge in [0.05, 0.1) is 5.69 Å². The smallest absolute Gasteiger partial charge is 0.220 e. The highest BCUT2D eigenvalue weighted by Gasteiger charge is 2.17. The molecular weight excluding hydrogens is 236 g/mol. The Morgan fingerprint density at radius 1 is 1.59 bits per heavy atom. The summed E-state index contributed by atoms with van der Waals surface area (Å²) >= 11 is 4.87. The van der Waals surface area contributed by atoms with Crippen molar-refractivity contribution in [3.05, 3.63) is 23.9 Å². The summed E-state index contributed by atoms with van der Waals surface area (Å²) in [5.41, 5.74) is 6.12. The number of nitrogens with two attached hydrogens (primary N) is 1. The lowest BCUT2D eigenvalue weighted by atomic mass is 10.1. The molecule has 1 aliphatic rings. The molecule has 0 spiro atoms. The van der Waals surface area contributed by atoms with E-state index in [9.17, 15) is 4.79 Å². The first kappa shape index (κ1) is 11.8. The number of hydrogen-bond acceptors (Lipinski definition) is 4. The van der Waals surface area contributed by atoms with Crippen LogP contribution in [0.15, 0.2) is 18.2 Å². The fourth-order valence-electron chi connectivity index (χ4n) is 1.72. The highest BCUT2D eigenvalue weighted by Crippen LogP contribution is 2.11. The molecule has 17 heavy (non-hydrogen) atoms. The van der Waals surface area contributed by atoms with Crippen LogP contribution >= 0.6 is 12.2 Å². The number of thiocarbonyl (C=S) groups is 1. The maximum atomic E-state index is 11.0. The topological polar surface area (TPSA) is 80.0 Å². The molecule has 0 bridgehead atoms. The van der Waals surface area contributed by atoms with Gasteiger partial charge in [-0.05, 0) is 18.6 Å². The van der Waals surface area contributed by atoms with Crippen LogP contribution in [0.2, 0.25) is 0 Å². The Kier molecular flexibility index (Phi) is 3.53. The molecule has 1 aromatic heterocycles. The van der Waals surface area contributed by atoms with Crippen LogP contribution in [0.3, 0.4) is 0 Å². The molecule has 1 saturated heterocycles. The van der Waals surface area contributed by atoms with Crippen LogP contribution in [0.4, 0.5) is 5.82 Å². The molecule has 1 fully saturated rings. The molecule has 0 aromatic carbocycles. The minimum atomic E-state index is 0.105. The summed E-state index contributed by atoms with van der Waals surface area (Å²) in [6.45, 7) is 0.623. The van der Waals surface area contributed by atoms with Crippen molar-refractivity contribution >= 4 is 28.9 Å². The van der Waals surface area contributed by atoms with E-state index in [0.717, 1.165) is 12.2 Å². The van der Waals surface area contributed by atoms with Crippen molar-refractivity contribution in [1.29, 1.82) is 0 Å². The van der Waals surface area contributed by atoms with Gasteiger partial charge in [-0.2, -0.15) is 0 Å². The van der Waals surface area contributed by atoms with Gasteiger partial charge in [-0.15, -0.1) is 0 Å². The largest absolute Gasteiger partial charge is 0.388 e. The Morgan fingerprint density at radius 3 is 3.06 bits per heavy atom. The summed E-state index contributed by atoms with van der Waals surface area (Å²) in [6.07, 6.45) is 1.36. The minimum Gasteiger partial charge on any atom is -0.388 e. The molecule has 2 heterocycles. The van der Waals surface area contributed by atoms with Crippen LogP contribution < -0.4 is 16.4 Å². The fourth-order valence-corrected chi connectivity index (χ4v) is 1.83. The molecule has 5 nitrogen and oxygen atoms in total. The SMILES string of the molecule is NC(=S)c1cccc(NC2CCC(=O)NC2)n1. The summed E-state index contributed by atoms with van der Waals surface area (Å²) in [7, 11) is 0. The van der Waals surface area contributed by atoms with Crippen molar-refractivity contribution in [2.45, 2.75) is 18.9 Å². The lowest BCUT2D eigenvalue weighted by Gasteiger charge is -2.24. The van der Waals surface area contributed by atoms with Gasteiger partial charge >= 0.3 is 0 Å². The molecule has 1 atom stereocenters. The van der Waals surface area contributed by atoms with E-state index in [1.165, 1.54) is 0 Å². The molecular formula is C11H14N4OS. The van der Waals surface area contributed by atoms with Crippen molar-refractivity contribution in [1.82, 2.24) is 10.3 Å². The summed E-state index contributed by atoms with van der Waals surface area (Å²) < 4.78 is 0. The number of amides is 1. The Labute approximate surface area is 105 Å². The molecule has 0 saturated carbocycles. The minimum absolute atomic E-state index is 0.105. The quantitative estimate of drug-likeness (QED) is 0.677. The van der Waals surface area contributed by atoms with Gasteiger partial charge in [-0.25, -0.2) is 4.98 Å². The average molecular weight is 250 g/mol. The maximum Gasteiger partial charge on any atom is 0.220 e. The van der Waals surface area contributed by atoms with Gasteiger partial charge in [0.15, 0.2) is 0 Å². The Morgan fingerprint density at radius 2 is 2.41 bits per heavy atom. The van der Waals surface area contributed by atoms with E-state index < -0.39 is 0 Å². The zero-order valence-corrected chi connectivity index (χ0v) is 10.1. The highest BCUT2D eigenvalue weighted by molar-refractivity contribution is 7.80. The van der Waals surface area contributed by atoms with Crippen LogP contribution in [0.1, 0.15) is 18.5 Å². The lowest BCUT2D eigenvalue weighted by Crippen LogP contribution is -2.42. The van der Waals surface area contributed by atoms with Gasteiger partial charge < -0.3 is 16.4 Å². The highest BCUT2D eigenvalue weighted by atomic mass is 32.1. The standard InChI is InChI=1S/C11H14N4OS/c12-11(17)8-2-1-3-9(15-8)14-7-4-5-10(16)13-6-7/h1-3,7H,4-6H2,(H2,12,17)(H,13,16)(H,14,15). The van der Waals surface area contributed by atoms with Crippen LogP contribution in [0, 0.1) is 0 Å². The van der Waals surface area contributed by atoms with Gasteiger partial charge in [0.25, 0.3) is 0 Å². The second-order valence-electron chi connectivity index (χ2n) is 3.96. The van der Waals surface area contributed by atoms with Gasteiger partial charge in [0.2, 0.25) is 5.91 Å². The summed E-state index contributed by atoms with van der Waals surface area (Å²) in [5.74, 6) is 0.837.